The van der Waals surface area contributed by atoms with Crippen molar-refractivity contribution in [3.63, 3.8) is 0 Å². The summed E-state index contributed by atoms with van der Waals surface area (Å²) in [5.41, 5.74) is 1.18. The molecule has 2 aliphatic heterocycles. The molecule has 0 bridgehead atoms. The number of nitrogens with zero attached hydrogens (tertiary/aromatic N) is 2. The summed E-state index contributed by atoms with van der Waals surface area (Å²) in [6.45, 7) is 10.2. The third-order valence-corrected chi connectivity index (χ3v) is 6.02. The van der Waals surface area contributed by atoms with Gasteiger partial charge in [0, 0.05) is 59.2 Å². The lowest BCUT2D eigenvalue weighted by atomic mass is 10.0. The van der Waals surface area contributed by atoms with Gasteiger partial charge in [-0.15, -0.1) is 24.0 Å². The zero-order chi connectivity index (χ0) is 21.7. The molecule has 0 saturated carbocycles. The molecule has 1 unspecified atom stereocenters. The van der Waals surface area contributed by atoms with Gasteiger partial charge in [0.15, 0.2) is 5.96 Å². The van der Waals surface area contributed by atoms with Crippen molar-refractivity contribution in [3.8, 4) is 5.75 Å². The van der Waals surface area contributed by atoms with Crippen molar-refractivity contribution in [2.75, 3.05) is 71.2 Å². The molecule has 2 saturated heterocycles. The molecule has 2 N–H and O–H groups in total. The molecule has 0 aromatic heterocycles. The van der Waals surface area contributed by atoms with Crippen molar-refractivity contribution in [2.24, 2.45) is 16.8 Å². The molecule has 2 aliphatic rings. The lowest BCUT2D eigenvalue weighted by molar-refractivity contribution is 0.0203. The molecule has 3 rings (SSSR count). The highest BCUT2D eigenvalue weighted by Crippen LogP contribution is 2.31. The predicted octanol–water partition coefficient (Wildman–Crippen LogP) is 3.53. The molecular weight excluding hydrogens is 519 g/mol. The van der Waals surface area contributed by atoms with Gasteiger partial charge in [-0.1, -0.05) is 12.1 Å². The maximum Gasteiger partial charge on any atom is 0.191 e. The third-order valence-electron chi connectivity index (χ3n) is 6.02. The Morgan fingerprint density at radius 2 is 1.97 bits per heavy atom. The van der Waals surface area contributed by atoms with Crippen LogP contribution in [0.1, 0.15) is 32.6 Å². The average molecular weight is 561 g/mol. The van der Waals surface area contributed by atoms with Crippen molar-refractivity contribution in [1.29, 1.82) is 0 Å². The van der Waals surface area contributed by atoms with Gasteiger partial charge in [0.2, 0.25) is 0 Å². The number of hydrogen-bond acceptors (Lipinski definition) is 5. The van der Waals surface area contributed by atoms with Gasteiger partial charge in [-0.05, 0) is 56.6 Å². The molecule has 7 nitrogen and oxygen atoms in total. The summed E-state index contributed by atoms with van der Waals surface area (Å²) in [5, 5.41) is 6.81. The Kier molecular flexibility index (Phi) is 13.1. The monoisotopic (exact) mass is 560 g/mol. The van der Waals surface area contributed by atoms with Gasteiger partial charge in [0.05, 0.1) is 12.8 Å². The molecule has 0 amide bonds. The fraction of sp³-hybridized carbons (Fsp3) is 0.708. The number of nitrogens with one attached hydrogen (secondary N) is 2. The Morgan fingerprint density at radius 1 is 1.16 bits per heavy atom. The van der Waals surface area contributed by atoms with Gasteiger partial charge in [-0.2, -0.15) is 0 Å². The first-order chi connectivity index (χ1) is 15.3. The maximum absolute atomic E-state index is 5.86. The van der Waals surface area contributed by atoms with Crippen molar-refractivity contribution >= 4 is 35.6 Å². The summed E-state index contributed by atoms with van der Waals surface area (Å²) in [6, 6.07) is 8.26. The number of ether oxygens (including phenoxy) is 3. The van der Waals surface area contributed by atoms with E-state index < -0.39 is 0 Å². The topological polar surface area (TPSA) is 67.4 Å². The summed E-state index contributed by atoms with van der Waals surface area (Å²) >= 11 is 0. The third kappa shape index (κ3) is 8.94. The molecule has 1 aromatic rings. The van der Waals surface area contributed by atoms with E-state index >= 15 is 0 Å². The average Bonchev–Trinajstić information content (AvgIpc) is 3.29. The fourth-order valence-electron chi connectivity index (χ4n) is 4.20. The van der Waals surface area contributed by atoms with E-state index in [1.165, 1.54) is 5.69 Å². The molecule has 0 aliphatic carbocycles. The Bertz CT molecular complexity index is 670. The van der Waals surface area contributed by atoms with E-state index in [1.807, 2.05) is 12.1 Å². The number of rotatable bonds is 11. The van der Waals surface area contributed by atoms with Gasteiger partial charge in [-0.25, -0.2) is 0 Å². The molecule has 1 aromatic carbocycles. The lowest BCUT2D eigenvalue weighted by Crippen LogP contribution is -2.38. The number of guanidine groups is 1. The van der Waals surface area contributed by atoms with Crippen LogP contribution in [0.2, 0.25) is 0 Å². The normalized spacial score (nSPS) is 19.5. The van der Waals surface area contributed by atoms with Crippen molar-refractivity contribution < 1.29 is 14.2 Å². The smallest absolute Gasteiger partial charge is 0.191 e. The van der Waals surface area contributed by atoms with Gasteiger partial charge >= 0.3 is 0 Å². The van der Waals surface area contributed by atoms with Crippen LogP contribution in [-0.2, 0) is 9.47 Å². The van der Waals surface area contributed by atoms with Gasteiger partial charge in [-0.3, -0.25) is 4.99 Å². The fourth-order valence-corrected chi connectivity index (χ4v) is 4.20. The number of benzene rings is 1. The second-order valence-corrected chi connectivity index (χ2v) is 8.40. The summed E-state index contributed by atoms with van der Waals surface area (Å²) < 4.78 is 16.8. The second-order valence-electron chi connectivity index (χ2n) is 8.40. The van der Waals surface area contributed by atoms with Crippen LogP contribution >= 0.6 is 24.0 Å². The minimum Gasteiger partial charge on any atom is -0.495 e. The number of para-hydroxylation sites is 2. The molecule has 1 atom stereocenters. The van der Waals surface area contributed by atoms with Crippen LogP contribution in [0.4, 0.5) is 5.69 Å². The molecule has 2 heterocycles. The highest BCUT2D eigenvalue weighted by molar-refractivity contribution is 14.0. The van der Waals surface area contributed by atoms with Gasteiger partial charge in [0.1, 0.15) is 5.75 Å². The minimum atomic E-state index is 0. The lowest BCUT2D eigenvalue weighted by Gasteiger charge is -2.21. The number of hydrogen-bond donors (Lipinski definition) is 2. The van der Waals surface area contributed by atoms with Crippen molar-refractivity contribution in [3.05, 3.63) is 24.3 Å². The molecule has 2 fully saturated rings. The van der Waals surface area contributed by atoms with E-state index in [2.05, 4.69) is 34.6 Å². The number of aliphatic imine (C=N–C) groups is 1. The van der Waals surface area contributed by atoms with E-state index in [0.29, 0.717) is 11.8 Å². The van der Waals surface area contributed by atoms with E-state index in [1.54, 1.807) is 7.11 Å². The first-order valence-electron chi connectivity index (χ1n) is 11.9. The van der Waals surface area contributed by atoms with Crippen LogP contribution in [0.25, 0.3) is 0 Å². The number of anilines is 1. The Labute approximate surface area is 210 Å². The van der Waals surface area contributed by atoms with Crippen molar-refractivity contribution in [1.82, 2.24) is 10.6 Å². The highest BCUT2D eigenvalue weighted by Gasteiger charge is 2.24. The molecule has 32 heavy (non-hydrogen) atoms. The first kappa shape index (κ1) is 27.0. The number of methoxy groups -OCH3 is 1. The maximum atomic E-state index is 5.86. The Balaban J connectivity index is 0.00000363. The van der Waals surface area contributed by atoms with Crippen LogP contribution in [0, 0.1) is 11.8 Å². The molecular formula is C24H41IN4O3. The van der Waals surface area contributed by atoms with Crippen LogP contribution in [-0.4, -0.2) is 72.2 Å². The quantitative estimate of drug-likeness (QED) is 0.187. The molecule has 8 heteroatoms. The summed E-state index contributed by atoms with van der Waals surface area (Å²) in [7, 11) is 1.74. The van der Waals surface area contributed by atoms with Crippen LogP contribution in [0.3, 0.4) is 0 Å². The van der Waals surface area contributed by atoms with Crippen LogP contribution in [0.15, 0.2) is 29.3 Å². The Hall–Kier alpha value is -1.26. The van der Waals surface area contributed by atoms with Crippen molar-refractivity contribution in [2.45, 2.75) is 32.6 Å². The zero-order valence-electron chi connectivity index (χ0n) is 19.7. The Morgan fingerprint density at radius 3 is 2.75 bits per heavy atom. The standard InChI is InChI=1S/C24H40N4O3.HI/c1-3-25-24(26-12-6-14-31-19-20-10-15-30-16-11-20)27-17-21-9-13-28(18-21)22-7-4-5-8-23(22)29-2;/h4-5,7-8,20-21H,3,6,9-19H2,1-2H3,(H2,25,26,27);1H. The summed E-state index contributed by atoms with van der Waals surface area (Å²) in [6.07, 6.45) is 4.40. The highest BCUT2D eigenvalue weighted by atomic mass is 127. The predicted molar refractivity (Wildman–Crippen MR) is 142 cm³/mol. The molecule has 0 radical (unpaired) electrons. The second kappa shape index (κ2) is 15.6. The number of halogens is 1. The first-order valence-corrected chi connectivity index (χ1v) is 11.9. The molecule has 182 valence electrons. The van der Waals surface area contributed by atoms with Crippen LogP contribution < -0.4 is 20.3 Å². The SMILES string of the molecule is CCNC(=NCC1CCN(c2ccccc2OC)C1)NCCCOCC1CCOCC1.I. The summed E-state index contributed by atoms with van der Waals surface area (Å²) in [4.78, 5) is 7.25. The zero-order valence-corrected chi connectivity index (χ0v) is 22.0. The minimum absolute atomic E-state index is 0. The summed E-state index contributed by atoms with van der Waals surface area (Å²) in [5.74, 6) is 3.08. The van der Waals surface area contributed by atoms with E-state index in [-0.39, 0.29) is 24.0 Å². The van der Waals surface area contributed by atoms with E-state index in [9.17, 15) is 0 Å². The van der Waals surface area contributed by atoms with Gasteiger partial charge in [0.25, 0.3) is 0 Å². The van der Waals surface area contributed by atoms with Crippen LogP contribution in [0.5, 0.6) is 5.75 Å². The largest absolute Gasteiger partial charge is 0.495 e. The van der Waals surface area contributed by atoms with E-state index in [0.717, 1.165) is 96.5 Å². The van der Waals surface area contributed by atoms with E-state index in [4.69, 9.17) is 19.2 Å². The molecule has 0 spiro atoms. The van der Waals surface area contributed by atoms with Gasteiger partial charge < -0.3 is 29.7 Å².